The number of hydrogen-bond donors (Lipinski definition) is 2. The van der Waals surface area contributed by atoms with Crippen LogP contribution in [0.25, 0.3) is 11.4 Å². The van der Waals surface area contributed by atoms with Crippen molar-refractivity contribution >= 4 is 18.6 Å². The third-order valence-electron chi connectivity index (χ3n) is 4.36. The first-order chi connectivity index (χ1) is 13.2. The average Bonchev–Trinajstić information content (AvgIpc) is 2.68. The molecule has 0 amide bonds. The van der Waals surface area contributed by atoms with Crippen molar-refractivity contribution in [2.24, 2.45) is 4.99 Å². The topological polar surface area (TPSA) is 84.3 Å². The molecule has 7 heteroatoms. The summed E-state index contributed by atoms with van der Waals surface area (Å²) in [6.45, 7) is 5.37. The summed E-state index contributed by atoms with van der Waals surface area (Å²) in [7, 11) is 1.74. The molecule has 1 heterocycles. The fourth-order valence-corrected chi connectivity index (χ4v) is 2.74. The molecule has 27 heavy (non-hydrogen) atoms. The van der Waals surface area contributed by atoms with E-state index < -0.39 is 0 Å². The fraction of sp³-hybridized carbons (Fsp3) is 0.300. The van der Waals surface area contributed by atoms with E-state index in [0.29, 0.717) is 29.9 Å². The number of rotatable bonds is 8. The molecule has 0 spiro atoms. The Balaban J connectivity index is 1.86. The second kappa shape index (κ2) is 9.05. The first-order valence-corrected chi connectivity index (χ1v) is 8.88. The van der Waals surface area contributed by atoms with Crippen LogP contribution in [-0.4, -0.2) is 40.9 Å². The highest BCUT2D eigenvalue weighted by atomic mass is 16.5. The van der Waals surface area contributed by atoms with E-state index >= 15 is 0 Å². The van der Waals surface area contributed by atoms with Gasteiger partial charge < -0.3 is 15.4 Å². The zero-order valence-corrected chi connectivity index (χ0v) is 15.6. The van der Waals surface area contributed by atoms with E-state index in [0.717, 1.165) is 24.1 Å². The summed E-state index contributed by atoms with van der Waals surface area (Å²) in [5, 5.41) is 6.58. The van der Waals surface area contributed by atoms with E-state index in [-0.39, 0.29) is 0 Å². The zero-order valence-electron chi connectivity index (χ0n) is 15.6. The molecular formula is C20H24N6O. The SMILES string of the molecule is C=N/C=C\C(=C/C)Nc1nc(NC2CC(OC)C2)nc(-c2ccccc2)n1. The second-order valence-corrected chi connectivity index (χ2v) is 6.21. The average molecular weight is 364 g/mol. The number of methoxy groups -OCH3 is 1. The molecule has 140 valence electrons. The smallest absolute Gasteiger partial charge is 0.232 e. The predicted octanol–water partition coefficient (Wildman–Crippen LogP) is 3.66. The van der Waals surface area contributed by atoms with Crippen molar-refractivity contribution < 1.29 is 4.74 Å². The van der Waals surface area contributed by atoms with Gasteiger partial charge in [-0.25, -0.2) is 0 Å². The Morgan fingerprint density at radius 3 is 2.59 bits per heavy atom. The minimum Gasteiger partial charge on any atom is -0.381 e. The largest absolute Gasteiger partial charge is 0.381 e. The lowest BCUT2D eigenvalue weighted by atomic mass is 9.89. The van der Waals surface area contributed by atoms with Crippen molar-refractivity contribution in [3.05, 3.63) is 54.4 Å². The van der Waals surface area contributed by atoms with Gasteiger partial charge in [0.25, 0.3) is 0 Å². The number of anilines is 2. The van der Waals surface area contributed by atoms with Gasteiger partial charge in [-0.1, -0.05) is 36.4 Å². The number of aromatic nitrogens is 3. The number of allylic oxidation sites excluding steroid dienone is 2. The summed E-state index contributed by atoms with van der Waals surface area (Å²) in [6, 6.07) is 10.2. The third kappa shape index (κ3) is 4.98. The number of nitrogens with zero attached hydrogens (tertiary/aromatic N) is 4. The van der Waals surface area contributed by atoms with Crippen molar-refractivity contribution in [1.29, 1.82) is 0 Å². The van der Waals surface area contributed by atoms with Crippen molar-refractivity contribution in [3.8, 4) is 11.4 Å². The van der Waals surface area contributed by atoms with Crippen molar-refractivity contribution in [3.63, 3.8) is 0 Å². The normalized spacial score (nSPS) is 19.6. The Morgan fingerprint density at radius 2 is 1.93 bits per heavy atom. The Kier molecular flexibility index (Phi) is 6.27. The summed E-state index contributed by atoms with van der Waals surface area (Å²) >= 11 is 0. The van der Waals surface area contributed by atoms with E-state index in [2.05, 4.69) is 37.3 Å². The van der Waals surface area contributed by atoms with Gasteiger partial charge in [0.05, 0.1) is 6.10 Å². The van der Waals surface area contributed by atoms with E-state index in [1.54, 1.807) is 19.4 Å². The first-order valence-electron chi connectivity index (χ1n) is 8.88. The number of nitrogens with one attached hydrogen (secondary N) is 2. The molecule has 1 fully saturated rings. The second-order valence-electron chi connectivity index (χ2n) is 6.21. The van der Waals surface area contributed by atoms with Crippen LogP contribution in [0.5, 0.6) is 0 Å². The summed E-state index contributed by atoms with van der Waals surface area (Å²) in [4.78, 5) is 17.4. The third-order valence-corrected chi connectivity index (χ3v) is 4.36. The van der Waals surface area contributed by atoms with Gasteiger partial charge in [-0.15, -0.1) is 0 Å². The Labute approximate surface area is 159 Å². The van der Waals surface area contributed by atoms with E-state index in [1.165, 1.54) is 0 Å². The first kappa shape index (κ1) is 18.7. The van der Waals surface area contributed by atoms with E-state index in [9.17, 15) is 0 Å². The molecule has 0 unspecified atom stereocenters. The van der Waals surface area contributed by atoms with Crippen LogP contribution in [0.2, 0.25) is 0 Å². The summed E-state index contributed by atoms with van der Waals surface area (Å²) in [6.07, 6.45) is 7.53. The van der Waals surface area contributed by atoms with Gasteiger partial charge in [0.15, 0.2) is 5.82 Å². The summed E-state index contributed by atoms with van der Waals surface area (Å²) < 4.78 is 5.34. The van der Waals surface area contributed by atoms with Crippen molar-refractivity contribution in [2.45, 2.75) is 31.9 Å². The van der Waals surface area contributed by atoms with Crippen LogP contribution in [-0.2, 0) is 4.74 Å². The standard InChI is InChI=1S/C20H24N6O/c1-4-15(10-11-21-2)22-19-24-18(14-8-6-5-7-9-14)25-20(26-19)23-16-12-17(13-16)27-3/h4-11,16-17H,2,12-13H2,1,3H3,(H2,22,23,24,25,26)/b11-10-,15-4+. The molecule has 1 aromatic carbocycles. The molecule has 1 aliphatic carbocycles. The lowest BCUT2D eigenvalue weighted by molar-refractivity contribution is 0.0327. The number of ether oxygens (including phenoxy) is 1. The van der Waals surface area contributed by atoms with E-state index in [1.807, 2.05) is 43.3 Å². The van der Waals surface area contributed by atoms with Crippen LogP contribution < -0.4 is 10.6 Å². The quantitative estimate of drug-likeness (QED) is 0.549. The van der Waals surface area contributed by atoms with Gasteiger partial charge in [-0.2, -0.15) is 15.0 Å². The molecule has 0 saturated heterocycles. The Bertz CT molecular complexity index is 828. The zero-order chi connectivity index (χ0) is 19.1. The maximum atomic E-state index is 5.34. The van der Waals surface area contributed by atoms with E-state index in [4.69, 9.17) is 4.74 Å². The molecule has 2 aromatic rings. The number of benzene rings is 1. The minimum absolute atomic E-state index is 0.305. The van der Waals surface area contributed by atoms with Crippen LogP contribution in [0, 0.1) is 0 Å². The minimum atomic E-state index is 0.305. The van der Waals surface area contributed by atoms with Gasteiger partial charge in [-0.05, 0) is 32.6 Å². The highest BCUT2D eigenvalue weighted by molar-refractivity contribution is 5.58. The monoisotopic (exact) mass is 364 g/mol. The van der Waals surface area contributed by atoms with Crippen molar-refractivity contribution in [2.75, 3.05) is 17.7 Å². The van der Waals surface area contributed by atoms with Gasteiger partial charge >= 0.3 is 0 Å². The molecule has 1 aromatic heterocycles. The maximum absolute atomic E-state index is 5.34. The molecule has 7 nitrogen and oxygen atoms in total. The van der Waals surface area contributed by atoms with Crippen LogP contribution in [0.15, 0.2) is 59.4 Å². The van der Waals surface area contributed by atoms with Crippen LogP contribution in [0.1, 0.15) is 19.8 Å². The molecule has 1 aliphatic rings. The predicted molar refractivity (Wildman–Crippen MR) is 109 cm³/mol. The summed E-state index contributed by atoms with van der Waals surface area (Å²) in [5.74, 6) is 1.63. The van der Waals surface area contributed by atoms with Crippen LogP contribution >= 0.6 is 0 Å². The Morgan fingerprint density at radius 1 is 1.19 bits per heavy atom. The maximum Gasteiger partial charge on any atom is 0.232 e. The molecule has 0 radical (unpaired) electrons. The Hall–Kier alpha value is -3.06. The highest BCUT2D eigenvalue weighted by Gasteiger charge is 2.29. The van der Waals surface area contributed by atoms with Gasteiger partial charge in [-0.3, -0.25) is 4.99 Å². The van der Waals surface area contributed by atoms with Crippen molar-refractivity contribution in [1.82, 2.24) is 15.0 Å². The molecular weight excluding hydrogens is 340 g/mol. The summed E-state index contributed by atoms with van der Waals surface area (Å²) in [5.41, 5.74) is 1.75. The lowest BCUT2D eigenvalue weighted by Crippen LogP contribution is -2.40. The van der Waals surface area contributed by atoms with Gasteiger partial charge in [0.2, 0.25) is 11.9 Å². The molecule has 2 N–H and O–H groups in total. The fourth-order valence-electron chi connectivity index (χ4n) is 2.74. The van der Waals surface area contributed by atoms with Crippen LogP contribution in [0.4, 0.5) is 11.9 Å². The lowest BCUT2D eigenvalue weighted by Gasteiger charge is -2.34. The molecule has 0 aliphatic heterocycles. The number of aliphatic imine (C=N–C) groups is 1. The molecule has 3 rings (SSSR count). The molecule has 0 atom stereocenters. The molecule has 1 saturated carbocycles. The number of hydrogen-bond acceptors (Lipinski definition) is 7. The van der Waals surface area contributed by atoms with Gasteiger partial charge in [0.1, 0.15) is 0 Å². The van der Waals surface area contributed by atoms with Crippen LogP contribution in [0.3, 0.4) is 0 Å². The highest BCUT2D eigenvalue weighted by Crippen LogP contribution is 2.26. The molecule has 0 bridgehead atoms. The van der Waals surface area contributed by atoms with Gasteiger partial charge in [0, 0.05) is 30.6 Å².